The summed E-state index contributed by atoms with van der Waals surface area (Å²) in [5.41, 5.74) is 3.94. The Balaban J connectivity index is 1.63. The number of amides is 1. The number of rotatable bonds is 3. The number of nitrogens with zero attached hydrogens (tertiary/aromatic N) is 6. The molecular weight excluding hydrogens is 410 g/mol. The second-order valence-electron chi connectivity index (χ2n) is 6.17. The van der Waals surface area contributed by atoms with E-state index < -0.39 is 0 Å². The van der Waals surface area contributed by atoms with Crippen LogP contribution < -0.4 is 5.32 Å². The molecule has 0 fully saturated rings. The van der Waals surface area contributed by atoms with Gasteiger partial charge >= 0.3 is 0 Å². The molecule has 0 saturated heterocycles. The lowest BCUT2D eigenvalue weighted by molar-refractivity contribution is 0.102. The Morgan fingerprint density at radius 3 is 2.81 bits per heavy atom. The van der Waals surface area contributed by atoms with Gasteiger partial charge in [-0.2, -0.15) is 5.10 Å². The second kappa shape index (κ2) is 6.58. The van der Waals surface area contributed by atoms with Crippen molar-refractivity contribution in [3.8, 4) is 5.69 Å². The van der Waals surface area contributed by atoms with Crippen LogP contribution in [0.25, 0.3) is 16.7 Å². The molecule has 0 spiro atoms. The Morgan fingerprint density at radius 1 is 1.22 bits per heavy atom. The van der Waals surface area contributed by atoms with Crippen LogP contribution in [0.15, 0.2) is 41.0 Å². The minimum atomic E-state index is -0.337. The number of anilines is 1. The number of hydrogen-bond donors (Lipinski definition) is 1. The van der Waals surface area contributed by atoms with Gasteiger partial charge in [-0.05, 0) is 38.1 Å². The van der Waals surface area contributed by atoms with E-state index >= 15 is 0 Å². The highest BCUT2D eigenvalue weighted by atomic mass is 79.9. The SMILES string of the molecule is Cc1nn(C)c2ncc(NC(=O)c3nnn(-c4cccc(Br)c4)c3C)cc12. The zero-order valence-electron chi connectivity index (χ0n) is 14.9. The molecule has 3 heterocycles. The number of benzene rings is 1. The molecule has 0 aliphatic heterocycles. The molecule has 27 heavy (non-hydrogen) atoms. The molecule has 0 atom stereocenters. The number of pyridine rings is 1. The highest BCUT2D eigenvalue weighted by Gasteiger charge is 2.18. The summed E-state index contributed by atoms with van der Waals surface area (Å²) in [6.07, 6.45) is 1.61. The molecule has 4 rings (SSSR count). The van der Waals surface area contributed by atoms with E-state index in [4.69, 9.17) is 0 Å². The first-order valence-electron chi connectivity index (χ1n) is 8.23. The van der Waals surface area contributed by atoms with Gasteiger partial charge in [0, 0.05) is 16.9 Å². The average Bonchev–Trinajstić information content (AvgIpc) is 3.15. The normalized spacial score (nSPS) is 11.1. The fraction of sp³-hybridized carbons (Fsp3) is 0.167. The molecular formula is C18H16BrN7O. The van der Waals surface area contributed by atoms with E-state index in [1.807, 2.05) is 51.2 Å². The van der Waals surface area contributed by atoms with Crippen LogP contribution in [0.1, 0.15) is 21.9 Å². The predicted octanol–water partition coefficient (Wildman–Crippen LogP) is 3.18. The average molecular weight is 426 g/mol. The number of nitrogens with one attached hydrogen (secondary N) is 1. The van der Waals surface area contributed by atoms with Crippen molar-refractivity contribution in [3.05, 3.63) is 58.1 Å². The fourth-order valence-corrected chi connectivity index (χ4v) is 3.35. The highest BCUT2D eigenvalue weighted by Crippen LogP contribution is 2.21. The number of carbonyl (C=O) groups excluding carboxylic acids is 1. The highest BCUT2D eigenvalue weighted by molar-refractivity contribution is 9.10. The summed E-state index contributed by atoms with van der Waals surface area (Å²) in [5.74, 6) is -0.337. The van der Waals surface area contributed by atoms with E-state index in [0.717, 1.165) is 26.9 Å². The van der Waals surface area contributed by atoms with E-state index in [9.17, 15) is 4.79 Å². The Kier molecular flexibility index (Phi) is 4.23. The van der Waals surface area contributed by atoms with Gasteiger partial charge in [0.05, 0.1) is 29.0 Å². The van der Waals surface area contributed by atoms with Crippen molar-refractivity contribution in [1.29, 1.82) is 0 Å². The van der Waals surface area contributed by atoms with E-state index in [1.165, 1.54) is 0 Å². The first-order valence-corrected chi connectivity index (χ1v) is 9.02. The molecule has 1 N–H and O–H groups in total. The molecule has 0 aliphatic rings. The molecule has 1 aromatic carbocycles. The van der Waals surface area contributed by atoms with Crippen LogP contribution in [0.4, 0.5) is 5.69 Å². The van der Waals surface area contributed by atoms with Gasteiger partial charge in [-0.3, -0.25) is 9.48 Å². The van der Waals surface area contributed by atoms with Gasteiger partial charge in [0.15, 0.2) is 11.3 Å². The molecule has 0 aliphatic carbocycles. The smallest absolute Gasteiger partial charge is 0.278 e. The number of halogens is 1. The Hall–Kier alpha value is -3.07. The zero-order valence-corrected chi connectivity index (χ0v) is 16.5. The molecule has 0 radical (unpaired) electrons. The van der Waals surface area contributed by atoms with E-state index in [0.29, 0.717) is 11.4 Å². The predicted molar refractivity (Wildman–Crippen MR) is 105 cm³/mol. The summed E-state index contributed by atoms with van der Waals surface area (Å²) in [4.78, 5) is 17.1. The second-order valence-corrected chi connectivity index (χ2v) is 7.09. The number of aromatic nitrogens is 6. The third-order valence-electron chi connectivity index (χ3n) is 4.28. The Labute approximate surface area is 163 Å². The standard InChI is InChI=1S/C18H16BrN7O/c1-10-15-8-13(9-20-17(15)25(3)23-10)21-18(27)16-11(2)26(24-22-16)14-6-4-5-12(19)7-14/h4-9H,1-3H3,(H,21,27). The summed E-state index contributed by atoms with van der Waals surface area (Å²) in [5, 5.41) is 16.2. The van der Waals surface area contributed by atoms with Crippen LogP contribution in [-0.4, -0.2) is 35.7 Å². The number of fused-ring (bicyclic) bond motifs is 1. The van der Waals surface area contributed by atoms with Crippen molar-refractivity contribution < 1.29 is 4.79 Å². The van der Waals surface area contributed by atoms with Crippen LogP contribution in [0.5, 0.6) is 0 Å². The molecule has 0 saturated carbocycles. The van der Waals surface area contributed by atoms with E-state index in [-0.39, 0.29) is 11.6 Å². The van der Waals surface area contributed by atoms with Gasteiger partial charge in [0.1, 0.15) is 0 Å². The van der Waals surface area contributed by atoms with Gasteiger partial charge in [-0.25, -0.2) is 9.67 Å². The van der Waals surface area contributed by atoms with Crippen molar-refractivity contribution in [1.82, 2.24) is 29.8 Å². The fourth-order valence-electron chi connectivity index (χ4n) is 2.96. The molecule has 136 valence electrons. The van der Waals surface area contributed by atoms with Gasteiger partial charge in [-0.1, -0.05) is 27.2 Å². The molecule has 3 aromatic heterocycles. The lowest BCUT2D eigenvalue weighted by atomic mass is 10.2. The minimum Gasteiger partial charge on any atom is -0.319 e. The van der Waals surface area contributed by atoms with Crippen LogP contribution in [0.2, 0.25) is 0 Å². The zero-order chi connectivity index (χ0) is 19.1. The summed E-state index contributed by atoms with van der Waals surface area (Å²) in [6.45, 7) is 3.71. The lowest BCUT2D eigenvalue weighted by Gasteiger charge is -2.05. The molecule has 0 unspecified atom stereocenters. The monoisotopic (exact) mass is 425 g/mol. The molecule has 9 heteroatoms. The van der Waals surface area contributed by atoms with Gasteiger partial charge in [-0.15, -0.1) is 5.10 Å². The first-order chi connectivity index (χ1) is 12.9. The summed E-state index contributed by atoms with van der Waals surface area (Å²) in [6, 6.07) is 9.49. The maximum Gasteiger partial charge on any atom is 0.278 e. The molecule has 1 amide bonds. The van der Waals surface area contributed by atoms with Crippen molar-refractivity contribution in [2.24, 2.45) is 7.05 Å². The summed E-state index contributed by atoms with van der Waals surface area (Å²) < 4.78 is 4.27. The summed E-state index contributed by atoms with van der Waals surface area (Å²) in [7, 11) is 1.84. The maximum atomic E-state index is 12.7. The van der Waals surface area contributed by atoms with Crippen LogP contribution in [-0.2, 0) is 7.05 Å². The van der Waals surface area contributed by atoms with Crippen molar-refractivity contribution in [2.75, 3.05) is 5.32 Å². The minimum absolute atomic E-state index is 0.262. The molecule has 4 aromatic rings. The van der Waals surface area contributed by atoms with Crippen LogP contribution in [0, 0.1) is 13.8 Å². The van der Waals surface area contributed by atoms with Crippen LogP contribution >= 0.6 is 15.9 Å². The summed E-state index contributed by atoms with van der Waals surface area (Å²) >= 11 is 3.44. The van der Waals surface area contributed by atoms with Crippen molar-refractivity contribution >= 4 is 38.6 Å². The van der Waals surface area contributed by atoms with Gasteiger partial charge in [0.2, 0.25) is 0 Å². The number of aryl methyl sites for hydroxylation is 2. The third-order valence-corrected chi connectivity index (χ3v) is 4.78. The van der Waals surface area contributed by atoms with Crippen molar-refractivity contribution in [2.45, 2.75) is 13.8 Å². The van der Waals surface area contributed by atoms with E-state index in [1.54, 1.807) is 15.6 Å². The maximum absolute atomic E-state index is 12.7. The quantitative estimate of drug-likeness (QED) is 0.544. The topological polar surface area (TPSA) is 90.5 Å². The van der Waals surface area contributed by atoms with Gasteiger partial charge in [0.25, 0.3) is 5.91 Å². The Morgan fingerprint density at radius 2 is 2.04 bits per heavy atom. The molecule has 8 nitrogen and oxygen atoms in total. The number of hydrogen-bond acceptors (Lipinski definition) is 5. The largest absolute Gasteiger partial charge is 0.319 e. The number of carbonyl (C=O) groups is 1. The van der Waals surface area contributed by atoms with Crippen molar-refractivity contribution in [3.63, 3.8) is 0 Å². The van der Waals surface area contributed by atoms with E-state index in [2.05, 4.69) is 41.6 Å². The third kappa shape index (κ3) is 3.10. The van der Waals surface area contributed by atoms with Crippen LogP contribution in [0.3, 0.4) is 0 Å². The first kappa shape index (κ1) is 17.3. The molecule has 0 bridgehead atoms. The van der Waals surface area contributed by atoms with Gasteiger partial charge < -0.3 is 5.32 Å². The lowest BCUT2D eigenvalue weighted by Crippen LogP contribution is -2.14. The Bertz CT molecular complexity index is 1180.